The van der Waals surface area contributed by atoms with Gasteiger partial charge in [0.2, 0.25) is 0 Å². The van der Waals surface area contributed by atoms with Crippen molar-refractivity contribution in [1.82, 2.24) is 4.57 Å². The molecule has 2 N–H and O–H groups in total. The summed E-state index contributed by atoms with van der Waals surface area (Å²) in [6.45, 7) is 2.04. The van der Waals surface area contributed by atoms with Gasteiger partial charge in [-0.05, 0) is 28.9 Å². The summed E-state index contributed by atoms with van der Waals surface area (Å²) in [5.41, 5.74) is 5.96. The van der Waals surface area contributed by atoms with Crippen LogP contribution in [-0.4, -0.2) is 9.56 Å². The first-order valence-electron chi connectivity index (χ1n) is 3.65. The zero-order valence-corrected chi connectivity index (χ0v) is 9.48. The fourth-order valence-corrected chi connectivity index (χ4v) is 1.75. The lowest BCUT2D eigenvalue weighted by Crippen LogP contribution is -2.27. The highest BCUT2D eigenvalue weighted by molar-refractivity contribution is 9.10. The van der Waals surface area contributed by atoms with Crippen molar-refractivity contribution in [2.75, 3.05) is 0 Å². The SMILES string of the molecule is Cc1cc(Br)cn(CC(N)=S)c1=O. The Labute approximate surface area is 89.7 Å². The van der Waals surface area contributed by atoms with E-state index in [0.29, 0.717) is 10.6 Å². The summed E-state index contributed by atoms with van der Waals surface area (Å²) in [6, 6.07) is 1.76. The molecule has 0 saturated heterocycles. The highest BCUT2D eigenvalue weighted by Crippen LogP contribution is 2.07. The zero-order chi connectivity index (χ0) is 10.0. The summed E-state index contributed by atoms with van der Waals surface area (Å²) < 4.78 is 2.34. The Bertz CT molecular complexity index is 400. The Morgan fingerprint density at radius 2 is 2.38 bits per heavy atom. The number of thiocarbonyl (C=S) groups is 1. The number of halogens is 1. The van der Waals surface area contributed by atoms with Gasteiger partial charge in [0.05, 0.1) is 11.5 Å². The summed E-state index contributed by atoms with van der Waals surface area (Å²) in [7, 11) is 0. The van der Waals surface area contributed by atoms with Gasteiger partial charge in [-0.15, -0.1) is 0 Å². The largest absolute Gasteiger partial charge is 0.392 e. The molecule has 70 valence electrons. The fraction of sp³-hybridized carbons (Fsp3) is 0.250. The second-order valence-corrected chi connectivity index (χ2v) is 4.18. The van der Waals surface area contributed by atoms with Crippen LogP contribution in [-0.2, 0) is 6.54 Å². The van der Waals surface area contributed by atoms with Gasteiger partial charge in [-0.3, -0.25) is 4.79 Å². The molecule has 0 aliphatic rings. The number of aromatic nitrogens is 1. The smallest absolute Gasteiger partial charge is 0.253 e. The van der Waals surface area contributed by atoms with Crippen molar-refractivity contribution in [3.63, 3.8) is 0 Å². The third kappa shape index (κ3) is 2.63. The van der Waals surface area contributed by atoms with Crippen molar-refractivity contribution in [3.05, 3.63) is 32.7 Å². The second-order valence-electron chi connectivity index (χ2n) is 2.74. The van der Waals surface area contributed by atoms with Crippen LogP contribution in [0.3, 0.4) is 0 Å². The second kappa shape index (κ2) is 4.02. The van der Waals surface area contributed by atoms with E-state index in [9.17, 15) is 4.79 Å². The molecule has 0 amide bonds. The molecule has 1 rings (SSSR count). The van der Waals surface area contributed by atoms with Crippen LogP contribution in [0.2, 0.25) is 0 Å². The maximum atomic E-state index is 11.5. The molecular weight excluding hydrogens is 252 g/mol. The van der Waals surface area contributed by atoms with Gasteiger partial charge in [0.25, 0.3) is 5.56 Å². The topological polar surface area (TPSA) is 48.0 Å². The first kappa shape index (κ1) is 10.4. The Morgan fingerprint density at radius 3 is 2.92 bits per heavy atom. The number of nitrogens with zero attached hydrogens (tertiary/aromatic N) is 1. The lowest BCUT2D eigenvalue weighted by Gasteiger charge is -2.05. The standard InChI is InChI=1S/C8H9BrN2OS/c1-5-2-6(9)3-11(8(5)12)4-7(10)13/h2-3H,4H2,1H3,(H2,10,13). The number of pyridine rings is 1. The van der Waals surface area contributed by atoms with E-state index in [1.807, 2.05) is 0 Å². The average Bonchev–Trinajstić information content (AvgIpc) is 1.98. The van der Waals surface area contributed by atoms with Crippen LogP contribution < -0.4 is 11.3 Å². The predicted octanol–water partition coefficient (Wildman–Crippen LogP) is 1.21. The maximum absolute atomic E-state index is 11.5. The molecule has 0 aliphatic carbocycles. The van der Waals surface area contributed by atoms with Gasteiger partial charge in [-0.1, -0.05) is 12.2 Å². The summed E-state index contributed by atoms with van der Waals surface area (Å²) in [6.07, 6.45) is 1.68. The van der Waals surface area contributed by atoms with Crippen LogP contribution in [0.4, 0.5) is 0 Å². The molecule has 13 heavy (non-hydrogen) atoms. The molecule has 3 nitrogen and oxygen atoms in total. The quantitative estimate of drug-likeness (QED) is 0.814. The summed E-state index contributed by atoms with van der Waals surface area (Å²) in [4.78, 5) is 11.8. The molecule has 0 saturated carbocycles. The Balaban J connectivity index is 3.21. The van der Waals surface area contributed by atoms with Crippen LogP contribution >= 0.6 is 28.1 Å². The van der Waals surface area contributed by atoms with E-state index in [2.05, 4.69) is 15.9 Å². The molecular formula is C8H9BrN2OS. The zero-order valence-electron chi connectivity index (χ0n) is 7.08. The molecule has 5 heteroatoms. The van der Waals surface area contributed by atoms with Gasteiger partial charge in [0.1, 0.15) is 0 Å². The molecule has 0 fully saturated rings. The van der Waals surface area contributed by atoms with Crippen LogP contribution in [0.5, 0.6) is 0 Å². The number of rotatable bonds is 2. The van der Waals surface area contributed by atoms with Gasteiger partial charge < -0.3 is 10.3 Å². The van der Waals surface area contributed by atoms with Crippen molar-refractivity contribution in [2.45, 2.75) is 13.5 Å². The number of hydrogen-bond donors (Lipinski definition) is 1. The van der Waals surface area contributed by atoms with Gasteiger partial charge >= 0.3 is 0 Å². The molecule has 0 radical (unpaired) electrons. The van der Waals surface area contributed by atoms with Crippen LogP contribution in [0.15, 0.2) is 21.5 Å². The third-order valence-corrected chi connectivity index (χ3v) is 2.12. The molecule has 1 aromatic rings. The van der Waals surface area contributed by atoms with Crippen LogP contribution in [0, 0.1) is 6.92 Å². The van der Waals surface area contributed by atoms with Gasteiger partial charge in [-0.2, -0.15) is 0 Å². The molecule has 0 spiro atoms. The van der Waals surface area contributed by atoms with E-state index in [-0.39, 0.29) is 12.1 Å². The average molecular weight is 261 g/mol. The monoisotopic (exact) mass is 260 g/mol. The minimum atomic E-state index is -0.0593. The van der Waals surface area contributed by atoms with Gasteiger partial charge in [0, 0.05) is 16.2 Å². The summed E-state index contributed by atoms with van der Waals surface area (Å²) in [5.74, 6) is 0. The van der Waals surface area contributed by atoms with Crippen LogP contribution in [0.1, 0.15) is 5.56 Å². The highest BCUT2D eigenvalue weighted by atomic mass is 79.9. The summed E-state index contributed by atoms with van der Waals surface area (Å²) >= 11 is 8.02. The summed E-state index contributed by atoms with van der Waals surface area (Å²) in [5, 5.41) is 0. The first-order chi connectivity index (χ1) is 6.00. The van der Waals surface area contributed by atoms with Crippen molar-refractivity contribution >= 4 is 33.1 Å². The lowest BCUT2D eigenvalue weighted by atomic mass is 10.3. The minimum Gasteiger partial charge on any atom is -0.392 e. The normalized spacial score (nSPS) is 10.0. The number of hydrogen-bond acceptors (Lipinski definition) is 2. The Kier molecular flexibility index (Phi) is 3.22. The van der Waals surface area contributed by atoms with E-state index < -0.39 is 0 Å². The Hall–Kier alpha value is -0.680. The molecule has 0 aliphatic heterocycles. The molecule has 0 aromatic carbocycles. The highest BCUT2D eigenvalue weighted by Gasteiger charge is 2.01. The molecule has 1 heterocycles. The van der Waals surface area contributed by atoms with Gasteiger partial charge in [0.15, 0.2) is 0 Å². The van der Waals surface area contributed by atoms with Crippen molar-refractivity contribution in [2.24, 2.45) is 5.73 Å². The third-order valence-electron chi connectivity index (χ3n) is 1.56. The van der Waals surface area contributed by atoms with E-state index in [0.717, 1.165) is 4.47 Å². The minimum absolute atomic E-state index is 0.0593. The molecule has 1 aromatic heterocycles. The molecule has 0 bridgehead atoms. The van der Waals surface area contributed by atoms with E-state index in [4.69, 9.17) is 18.0 Å². The van der Waals surface area contributed by atoms with Crippen molar-refractivity contribution in [3.8, 4) is 0 Å². The number of nitrogens with two attached hydrogens (primary N) is 1. The number of aryl methyl sites for hydroxylation is 1. The van der Waals surface area contributed by atoms with E-state index in [1.54, 1.807) is 19.2 Å². The fourth-order valence-electron chi connectivity index (χ4n) is 1.03. The van der Waals surface area contributed by atoms with E-state index >= 15 is 0 Å². The molecule has 0 atom stereocenters. The van der Waals surface area contributed by atoms with Crippen molar-refractivity contribution < 1.29 is 0 Å². The first-order valence-corrected chi connectivity index (χ1v) is 4.85. The van der Waals surface area contributed by atoms with Gasteiger partial charge in [-0.25, -0.2) is 0 Å². The van der Waals surface area contributed by atoms with Crippen LogP contribution in [0.25, 0.3) is 0 Å². The molecule has 0 unspecified atom stereocenters. The Morgan fingerprint density at radius 1 is 1.77 bits per heavy atom. The maximum Gasteiger partial charge on any atom is 0.253 e. The van der Waals surface area contributed by atoms with Crippen molar-refractivity contribution in [1.29, 1.82) is 0 Å². The van der Waals surface area contributed by atoms with E-state index in [1.165, 1.54) is 4.57 Å². The lowest BCUT2D eigenvalue weighted by molar-refractivity contribution is 0.795. The predicted molar refractivity (Wildman–Crippen MR) is 59.9 cm³/mol.